The van der Waals surface area contributed by atoms with Crippen LogP contribution in [-0.2, 0) is 9.53 Å². The summed E-state index contributed by atoms with van der Waals surface area (Å²) in [6.07, 6.45) is 0.874. The molecule has 0 radical (unpaired) electrons. The molecular weight excluding hydrogens is 260 g/mol. The van der Waals surface area contributed by atoms with E-state index in [4.69, 9.17) is 9.84 Å². The molecule has 0 aromatic heterocycles. The topological polar surface area (TPSA) is 87.7 Å². The average Bonchev–Trinajstić information content (AvgIpc) is 3.18. The van der Waals surface area contributed by atoms with Crippen molar-refractivity contribution in [1.82, 2.24) is 10.6 Å². The Labute approximate surface area is 117 Å². The van der Waals surface area contributed by atoms with Crippen molar-refractivity contribution in [3.63, 3.8) is 0 Å². The van der Waals surface area contributed by atoms with Crippen molar-refractivity contribution in [1.29, 1.82) is 0 Å². The maximum absolute atomic E-state index is 11.7. The zero-order valence-electron chi connectivity index (χ0n) is 11.2. The molecule has 3 N–H and O–H groups in total. The molecule has 20 heavy (non-hydrogen) atoms. The smallest absolute Gasteiger partial charge is 0.328 e. The van der Waals surface area contributed by atoms with E-state index in [2.05, 4.69) is 10.6 Å². The zero-order chi connectivity index (χ0) is 14.5. The van der Waals surface area contributed by atoms with Crippen LogP contribution >= 0.6 is 0 Å². The quantitative estimate of drug-likeness (QED) is 0.722. The number of aliphatic carboxylic acids is 1. The van der Waals surface area contributed by atoms with Crippen LogP contribution in [-0.4, -0.2) is 42.9 Å². The molecule has 0 saturated heterocycles. The zero-order valence-corrected chi connectivity index (χ0v) is 11.2. The van der Waals surface area contributed by atoms with Gasteiger partial charge >= 0.3 is 12.0 Å². The molecule has 108 valence electrons. The van der Waals surface area contributed by atoms with E-state index in [9.17, 15) is 9.59 Å². The Morgan fingerprint density at radius 1 is 1.40 bits per heavy atom. The fourth-order valence-electron chi connectivity index (χ4n) is 2.13. The minimum atomic E-state index is -1.11. The van der Waals surface area contributed by atoms with Gasteiger partial charge in [-0.25, -0.2) is 9.59 Å². The molecule has 6 nitrogen and oxygen atoms in total. The first kappa shape index (κ1) is 14.3. The molecule has 0 heterocycles. The molecule has 1 aromatic rings. The third-order valence-electron chi connectivity index (χ3n) is 3.27. The van der Waals surface area contributed by atoms with Gasteiger partial charge in [-0.1, -0.05) is 30.3 Å². The predicted octanol–water partition coefficient (Wildman–Crippen LogP) is 0.941. The summed E-state index contributed by atoms with van der Waals surface area (Å²) in [6.45, 7) is -0.0600. The minimum absolute atomic E-state index is 0.0600. The van der Waals surface area contributed by atoms with Crippen molar-refractivity contribution < 1.29 is 19.4 Å². The molecule has 1 aromatic carbocycles. The Hall–Kier alpha value is -2.08. The number of carboxylic acids is 1. The van der Waals surface area contributed by atoms with E-state index >= 15 is 0 Å². The van der Waals surface area contributed by atoms with Gasteiger partial charge in [-0.3, -0.25) is 0 Å². The van der Waals surface area contributed by atoms with Gasteiger partial charge in [0.15, 0.2) is 6.04 Å². The van der Waals surface area contributed by atoms with E-state index in [0.717, 1.165) is 6.42 Å². The van der Waals surface area contributed by atoms with Gasteiger partial charge in [0.2, 0.25) is 0 Å². The third kappa shape index (κ3) is 3.71. The number of ether oxygens (including phenoxy) is 1. The van der Waals surface area contributed by atoms with E-state index in [1.54, 1.807) is 0 Å². The Kier molecular flexibility index (Phi) is 4.57. The van der Waals surface area contributed by atoms with Gasteiger partial charge in [0, 0.05) is 19.1 Å². The van der Waals surface area contributed by atoms with Gasteiger partial charge in [0.05, 0.1) is 6.61 Å². The second-order valence-corrected chi connectivity index (χ2v) is 4.82. The SMILES string of the molecule is COCC(NC(=O)NC1CC1c1ccccc1)C(=O)O. The molecule has 0 bridgehead atoms. The van der Waals surface area contributed by atoms with Gasteiger partial charge in [-0.15, -0.1) is 0 Å². The van der Waals surface area contributed by atoms with Crippen LogP contribution in [0.15, 0.2) is 30.3 Å². The van der Waals surface area contributed by atoms with Crippen molar-refractivity contribution in [3.8, 4) is 0 Å². The highest BCUT2D eigenvalue weighted by atomic mass is 16.5. The van der Waals surface area contributed by atoms with Crippen molar-refractivity contribution in [2.45, 2.75) is 24.4 Å². The first-order chi connectivity index (χ1) is 9.61. The molecule has 0 spiro atoms. The van der Waals surface area contributed by atoms with E-state index in [-0.39, 0.29) is 12.6 Å². The van der Waals surface area contributed by atoms with Crippen LogP contribution in [0, 0.1) is 0 Å². The summed E-state index contributed by atoms with van der Waals surface area (Å²) in [4.78, 5) is 22.6. The number of carbonyl (C=O) groups excluding carboxylic acids is 1. The second-order valence-electron chi connectivity index (χ2n) is 4.82. The maximum atomic E-state index is 11.7. The summed E-state index contributed by atoms with van der Waals surface area (Å²) in [5.74, 6) is -0.801. The van der Waals surface area contributed by atoms with Crippen LogP contribution in [0.4, 0.5) is 4.79 Å². The van der Waals surface area contributed by atoms with Crippen LogP contribution in [0.3, 0.4) is 0 Å². The number of carbonyl (C=O) groups is 2. The fraction of sp³-hybridized carbons (Fsp3) is 0.429. The van der Waals surface area contributed by atoms with Crippen LogP contribution in [0.5, 0.6) is 0 Å². The van der Waals surface area contributed by atoms with Gasteiger partial charge in [-0.05, 0) is 12.0 Å². The van der Waals surface area contributed by atoms with Crippen LogP contribution in [0.2, 0.25) is 0 Å². The average molecular weight is 278 g/mol. The molecule has 6 heteroatoms. The van der Waals surface area contributed by atoms with Crippen LogP contribution in [0.1, 0.15) is 17.9 Å². The van der Waals surface area contributed by atoms with Crippen molar-refractivity contribution >= 4 is 12.0 Å². The molecule has 2 amide bonds. The Morgan fingerprint density at radius 3 is 2.70 bits per heavy atom. The second kappa shape index (κ2) is 6.38. The van der Waals surface area contributed by atoms with E-state index in [1.807, 2.05) is 30.3 Å². The van der Waals surface area contributed by atoms with E-state index < -0.39 is 18.0 Å². The summed E-state index contributed by atoms with van der Waals surface area (Å²) >= 11 is 0. The molecule has 1 aliphatic carbocycles. The van der Waals surface area contributed by atoms with Gasteiger partial charge in [0.1, 0.15) is 0 Å². The summed E-state index contributed by atoms with van der Waals surface area (Å²) in [6, 6.07) is 8.47. The molecule has 3 unspecified atom stereocenters. The lowest BCUT2D eigenvalue weighted by Crippen LogP contribution is -2.48. The first-order valence-electron chi connectivity index (χ1n) is 6.45. The molecule has 1 aliphatic rings. The molecule has 1 saturated carbocycles. The van der Waals surface area contributed by atoms with Crippen molar-refractivity contribution in [2.75, 3.05) is 13.7 Å². The lowest BCUT2D eigenvalue weighted by Gasteiger charge is -2.14. The van der Waals surface area contributed by atoms with Crippen LogP contribution in [0.25, 0.3) is 0 Å². The van der Waals surface area contributed by atoms with Crippen LogP contribution < -0.4 is 10.6 Å². The number of nitrogens with one attached hydrogen (secondary N) is 2. The number of carboxylic acid groups (broad SMARTS) is 1. The number of hydrogen-bond acceptors (Lipinski definition) is 3. The highest BCUT2D eigenvalue weighted by Gasteiger charge is 2.39. The number of amides is 2. The Bertz CT molecular complexity index is 477. The highest BCUT2D eigenvalue weighted by Crippen LogP contribution is 2.40. The standard InChI is InChI=1S/C14H18N2O4/c1-20-8-12(13(17)18)16-14(19)15-11-7-10(11)9-5-3-2-4-6-9/h2-6,10-12H,7-8H2,1H3,(H,17,18)(H2,15,16,19). The van der Waals surface area contributed by atoms with Crippen molar-refractivity contribution in [2.24, 2.45) is 0 Å². The highest BCUT2D eigenvalue weighted by molar-refractivity contribution is 5.83. The third-order valence-corrected chi connectivity index (χ3v) is 3.27. The lowest BCUT2D eigenvalue weighted by molar-refractivity contribution is -0.140. The lowest BCUT2D eigenvalue weighted by atomic mass is 10.1. The van der Waals surface area contributed by atoms with Gasteiger partial charge in [0.25, 0.3) is 0 Å². The Morgan fingerprint density at radius 2 is 2.10 bits per heavy atom. The summed E-state index contributed by atoms with van der Waals surface area (Å²) in [5.41, 5.74) is 1.18. The molecule has 1 fully saturated rings. The first-order valence-corrected chi connectivity index (χ1v) is 6.45. The number of benzene rings is 1. The number of methoxy groups -OCH3 is 1. The summed E-state index contributed by atoms with van der Waals surface area (Å²) in [5, 5.41) is 14.1. The summed E-state index contributed by atoms with van der Waals surface area (Å²) in [7, 11) is 1.39. The molecular formula is C14H18N2O4. The summed E-state index contributed by atoms with van der Waals surface area (Å²) < 4.78 is 4.75. The van der Waals surface area contributed by atoms with Gasteiger partial charge in [-0.2, -0.15) is 0 Å². The number of urea groups is 1. The Balaban J connectivity index is 1.80. The minimum Gasteiger partial charge on any atom is -0.480 e. The normalized spacial score (nSPS) is 21.9. The predicted molar refractivity (Wildman–Crippen MR) is 72.6 cm³/mol. The fourth-order valence-corrected chi connectivity index (χ4v) is 2.13. The van der Waals surface area contributed by atoms with E-state index in [1.165, 1.54) is 12.7 Å². The molecule has 0 aliphatic heterocycles. The maximum Gasteiger partial charge on any atom is 0.328 e. The van der Waals surface area contributed by atoms with E-state index in [0.29, 0.717) is 5.92 Å². The molecule has 2 rings (SSSR count). The van der Waals surface area contributed by atoms with Crippen molar-refractivity contribution in [3.05, 3.63) is 35.9 Å². The monoisotopic (exact) mass is 278 g/mol. The largest absolute Gasteiger partial charge is 0.480 e. The number of hydrogen-bond donors (Lipinski definition) is 3. The number of rotatable bonds is 6. The van der Waals surface area contributed by atoms with Gasteiger partial charge < -0.3 is 20.5 Å². The molecule has 3 atom stereocenters.